The second kappa shape index (κ2) is 6.63. The van der Waals surface area contributed by atoms with E-state index in [9.17, 15) is 0 Å². The minimum absolute atomic E-state index is 0.165. The van der Waals surface area contributed by atoms with Crippen LogP contribution in [0.4, 0.5) is 0 Å². The van der Waals surface area contributed by atoms with Crippen LogP contribution in [0.15, 0.2) is 29.2 Å². The van der Waals surface area contributed by atoms with Crippen molar-refractivity contribution in [2.45, 2.75) is 63.1 Å². The highest BCUT2D eigenvalue weighted by Crippen LogP contribution is 2.36. The van der Waals surface area contributed by atoms with E-state index in [4.69, 9.17) is 5.73 Å². The van der Waals surface area contributed by atoms with Crippen molar-refractivity contribution in [3.05, 3.63) is 29.8 Å². The summed E-state index contributed by atoms with van der Waals surface area (Å²) in [5.41, 5.74) is 7.65. The third kappa shape index (κ3) is 5.45. The minimum atomic E-state index is 0.165. The molecule has 0 spiro atoms. The number of hydrogen-bond donors (Lipinski definition) is 1. The van der Waals surface area contributed by atoms with E-state index in [1.54, 1.807) is 0 Å². The van der Waals surface area contributed by atoms with Crippen LogP contribution in [-0.2, 0) is 0 Å². The zero-order chi connectivity index (χ0) is 13.8. The highest BCUT2D eigenvalue weighted by molar-refractivity contribution is 8.00. The van der Waals surface area contributed by atoms with Gasteiger partial charge in [0.05, 0.1) is 0 Å². The Morgan fingerprint density at radius 3 is 2.28 bits per heavy atom. The maximum Gasteiger partial charge on any atom is 0.0306 e. The summed E-state index contributed by atoms with van der Waals surface area (Å²) in [6.07, 6.45) is 2.26. The van der Waals surface area contributed by atoms with Gasteiger partial charge in [0.15, 0.2) is 0 Å². The van der Waals surface area contributed by atoms with E-state index in [-0.39, 0.29) is 10.8 Å². The van der Waals surface area contributed by atoms with Gasteiger partial charge in [-0.3, -0.25) is 0 Å². The largest absolute Gasteiger partial charge is 0.324 e. The topological polar surface area (TPSA) is 26.0 Å². The van der Waals surface area contributed by atoms with Gasteiger partial charge >= 0.3 is 0 Å². The lowest BCUT2D eigenvalue weighted by molar-refractivity contribution is 0.504. The third-order valence-electron chi connectivity index (χ3n) is 2.79. The van der Waals surface area contributed by atoms with Gasteiger partial charge in [-0.15, -0.1) is 11.8 Å². The first-order valence-electron chi connectivity index (χ1n) is 6.83. The second-order valence-corrected chi connectivity index (χ2v) is 8.20. The molecule has 1 aromatic carbocycles. The van der Waals surface area contributed by atoms with Gasteiger partial charge in [-0.05, 0) is 30.4 Å². The van der Waals surface area contributed by atoms with E-state index in [0.29, 0.717) is 0 Å². The minimum Gasteiger partial charge on any atom is -0.324 e. The fourth-order valence-electron chi connectivity index (χ4n) is 1.88. The van der Waals surface area contributed by atoms with Gasteiger partial charge in [0.1, 0.15) is 0 Å². The molecule has 0 saturated carbocycles. The quantitative estimate of drug-likeness (QED) is 0.757. The first-order chi connectivity index (χ1) is 8.29. The average Bonchev–Trinajstić information content (AvgIpc) is 2.24. The van der Waals surface area contributed by atoms with Crippen LogP contribution < -0.4 is 5.73 Å². The van der Waals surface area contributed by atoms with Gasteiger partial charge in [-0.2, -0.15) is 0 Å². The molecule has 0 aliphatic heterocycles. The predicted octanol–water partition coefficient (Wildman–Crippen LogP) is 5.01. The van der Waals surface area contributed by atoms with Gasteiger partial charge in [0, 0.05) is 15.7 Å². The van der Waals surface area contributed by atoms with Crippen LogP contribution in [0.3, 0.4) is 0 Å². The molecule has 0 aliphatic rings. The van der Waals surface area contributed by atoms with Crippen molar-refractivity contribution >= 4 is 11.8 Å². The average molecular weight is 265 g/mol. The molecule has 0 unspecified atom stereocenters. The summed E-state index contributed by atoms with van der Waals surface area (Å²) in [6.45, 7) is 11.2. The molecule has 1 aromatic rings. The molecule has 2 N–H and O–H groups in total. The van der Waals surface area contributed by atoms with E-state index < -0.39 is 0 Å². The molecule has 1 atom stereocenters. The Morgan fingerprint density at radius 1 is 1.11 bits per heavy atom. The molecular formula is C16H27NS. The van der Waals surface area contributed by atoms with E-state index >= 15 is 0 Å². The number of hydrogen-bond acceptors (Lipinski definition) is 2. The molecule has 0 aliphatic carbocycles. The Labute approximate surface area is 117 Å². The molecule has 0 fully saturated rings. The zero-order valence-corrected chi connectivity index (χ0v) is 13.2. The van der Waals surface area contributed by atoms with Crippen LogP contribution >= 0.6 is 11.8 Å². The fourth-order valence-corrected chi connectivity index (χ4v) is 3.02. The van der Waals surface area contributed by atoms with Crippen molar-refractivity contribution in [1.82, 2.24) is 0 Å². The molecule has 18 heavy (non-hydrogen) atoms. The first kappa shape index (κ1) is 15.6. The Kier molecular flexibility index (Phi) is 5.74. The Balaban J connectivity index is 2.81. The molecule has 0 saturated heterocycles. The fraction of sp³-hybridized carbons (Fsp3) is 0.625. The molecule has 0 heterocycles. The van der Waals surface area contributed by atoms with Crippen molar-refractivity contribution in [3.63, 3.8) is 0 Å². The molecule has 0 bridgehead atoms. The molecule has 1 rings (SSSR count). The lowest BCUT2D eigenvalue weighted by Crippen LogP contribution is -2.14. The van der Waals surface area contributed by atoms with Crippen LogP contribution in [0.5, 0.6) is 0 Å². The van der Waals surface area contributed by atoms with Gasteiger partial charge in [-0.1, -0.05) is 52.8 Å². The molecule has 102 valence electrons. The summed E-state index contributed by atoms with van der Waals surface area (Å²) in [6, 6.07) is 8.74. The van der Waals surface area contributed by atoms with Crippen molar-refractivity contribution in [2.75, 3.05) is 0 Å². The summed E-state index contributed by atoms with van der Waals surface area (Å²) in [4.78, 5) is 1.33. The maximum absolute atomic E-state index is 6.35. The molecule has 2 heteroatoms. The molecule has 0 radical (unpaired) electrons. The highest BCUT2D eigenvalue weighted by Gasteiger charge is 2.17. The van der Waals surface area contributed by atoms with E-state index in [0.717, 1.165) is 12.3 Å². The normalized spacial score (nSPS) is 13.9. The van der Waals surface area contributed by atoms with Crippen LogP contribution in [0.2, 0.25) is 0 Å². The van der Waals surface area contributed by atoms with Crippen molar-refractivity contribution < 1.29 is 0 Å². The predicted molar refractivity (Wildman–Crippen MR) is 83.1 cm³/mol. The van der Waals surface area contributed by atoms with E-state index in [2.05, 4.69) is 58.9 Å². The summed E-state index contributed by atoms with van der Waals surface area (Å²) in [7, 11) is 0. The van der Waals surface area contributed by atoms with Crippen molar-refractivity contribution in [2.24, 2.45) is 11.7 Å². The SMILES string of the molecule is CC(C)CC[C@@H](N)c1ccccc1SC(C)(C)C. The van der Waals surface area contributed by atoms with Gasteiger partial charge < -0.3 is 5.73 Å². The molecule has 0 aromatic heterocycles. The molecule has 0 amide bonds. The first-order valence-corrected chi connectivity index (χ1v) is 7.65. The Bertz CT molecular complexity index is 366. The molecular weight excluding hydrogens is 238 g/mol. The number of rotatable bonds is 5. The number of benzene rings is 1. The lowest BCUT2D eigenvalue weighted by Gasteiger charge is -2.22. The smallest absolute Gasteiger partial charge is 0.0306 e. The van der Waals surface area contributed by atoms with E-state index in [1.807, 2.05) is 11.8 Å². The third-order valence-corrected chi connectivity index (χ3v) is 3.99. The van der Waals surface area contributed by atoms with Gasteiger partial charge in [0.25, 0.3) is 0 Å². The van der Waals surface area contributed by atoms with Crippen LogP contribution in [0.1, 0.15) is 59.1 Å². The monoisotopic (exact) mass is 265 g/mol. The summed E-state index contributed by atoms with van der Waals surface area (Å²) >= 11 is 1.91. The van der Waals surface area contributed by atoms with E-state index in [1.165, 1.54) is 16.9 Å². The number of thioether (sulfide) groups is 1. The van der Waals surface area contributed by atoms with Gasteiger partial charge in [-0.25, -0.2) is 0 Å². The highest BCUT2D eigenvalue weighted by atomic mass is 32.2. The lowest BCUT2D eigenvalue weighted by atomic mass is 9.98. The zero-order valence-electron chi connectivity index (χ0n) is 12.4. The summed E-state index contributed by atoms with van der Waals surface area (Å²) < 4.78 is 0.230. The van der Waals surface area contributed by atoms with Crippen molar-refractivity contribution in [1.29, 1.82) is 0 Å². The summed E-state index contributed by atoms with van der Waals surface area (Å²) in [5, 5.41) is 0. The number of nitrogens with two attached hydrogens (primary N) is 1. The van der Waals surface area contributed by atoms with Crippen LogP contribution in [0, 0.1) is 5.92 Å². The van der Waals surface area contributed by atoms with Crippen LogP contribution in [-0.4, -0.2) is 4.75 Å². The Hall–Kier alpha value is -0.470. The van der Waals surface area contributed by atoms with Crippen molar-refractivity contribution in [3.8, 4) is 0 Å². The van der Waals surface area contributed by atoms with Crippen LogP contribution in [0.25, 0.3) is 0 Å². The maximum atomic E-state index is 6.35. The molecule has 1 nitrogen and oxygen atoms in total. The Morgan fingerprint density at radius 2 is 1.72 bits per heavy atom. The second-order valence-electron chi connectivity index (χ2n) is 6.33. The van der Waals surface area contributed by atoms with Gasteiger partial charge in [0.2, 0.25) is 0 Å². The standard InChI is InChI=1S/C16H27NS/c1-12(2)10-11-14(17)13-8-6-7-9-15(13)18-16(3,4)5/h6-9,12,14H,10-11,17H2,1-5H3/t14-/m1/s1. The summed E-state index contributed by atoms with van der Waals surface area (Å²) in [5.74, 6) is 0.721.